The number of aromatic nitrogens is 1. The van der Waals surface area contributed by atoms with E-state index in [1.165, 1.54) is 0 Å². The van der Waals surface area contributed by atoms with Crippen molar-refractivity contribution in [3.05, 3.63) is 90.1 Å². The molecular formula is C25H21NO4S. The number of carbonyl (C=O) groups is 1. The van der Waals surface area contributed by atoms with Crippen LogP contribution in [0.4, 0.5) is 0 Å². The van der Waals surface area contributed by atoms with Crippen LogP contribution in [0.1, 0.15) is 11.1 Å². The van der Waals surface area contributed by atoms with Crippen LogP contribution >= 0.6 is 11.8 Å². The van der Waals surface area contributed by atoms with E-state index in [1.54, 1.807) is 18.0 Å². The minimum Gasteiger partial charge on any atom is -0.489 e. The molecule has 0 amide bonds. The smallest absolute Gasteiger partial charge is 0.341 e. The molecule has 1 heterocycles. The van der Waals surface area contributed by atoms with E-state index >= 15 is 0 Å². The van der Waals surface area contributed by atoms with Crippen molar-refractivity contribution in [2.45, 2.75) is 23.3 Å². The Kier molecular flexibility index (Phi) is 6.38. The number of fused-ring (bicyclic) bond motifs is 1. The Hall–Kier alpha value is -3.51. The second kappa shape index (κ2) is 9.53. The molecule has 5 nitrogen and oxygen atoms in total. The molecule has 31 heavy (non-hydrogen) atoms. The SMILES string of the molecule is Cc1cc(Sc2ccc(COc3ccc4ncccc4c3)cc2)ccc1OCC(=O)O. The van der Waals surface area contributed by atoms with Gasteiger partial charge in [-0.25, -0.2) is 4.79 Å². The molecule has 0 aliphatic heterocycles. The van der Waals surface area contributed by atoms with E-state index in [0.29, 0.717) is 12.4 Å². The zero-order valence-corrected chi connectivity index (χ0v) is 17.8. The third kappa shape index (κ3) is 5.55. The molecule has 4 aromatic rings. The van der Waals surface area contributed by atoms with Gasteiger partial charge < -0.3 is 14.6 Å². The Bertz CT molecular complexity index is 1210. The summed E-state index contributed by atoms with van der Waals surface area (Å²) in [5, 5.41) is 9.80. The molecule has 1 N–H and O–H groups in total. The third-order valence-electron chi connectivity index (χ3n) is 4.64. The maximum absolute atomic E-state index is 10.7. The number of pyridine rings is 1. The fraction of sp³-hybridized carbons (Fsp3) is 0.120. The highest BCUT2D eigenvalue weighted by molar-refractivity contribution is 7.99. The quantitative estimate of drug-likeness (QED) is 0.384. The highest BCUT2D eigenvalue weighted by Crippen LogP contribution is 2.31. The number of ether oxygens (including phenoxy) is 2. The number of nitrogens with zero attached hydrogens (tertiary/aromatic N) is 1. The highest BCUT2D eigenvalue weighted by atomic mass is 32.2. The van der Waals surface area contributed by atoms with E-state index in [1.807, 2.05) is 55.5 Å². The molecular weight excluding hydrogens is 410 g/mol. The molecule has 6 heteroatoms. The summed E-state index contributed by atoms with van der Waals surface area (Å²) in [6.45, 7) is 2.06. The van der Waals surface area contributed by atoms with Crippen molar-refractivity contribution < 1.29 is 19.4 Å². The summed E-state index contributed by atoms with van der Waals surface area (Å²) in [4.78, 5) is 17.2. The number of aryl methyl sites for hydroxylation is 1. The monoisotopic (exact) mass is 431 g/mol. The lowest BCUT2D eigenvalue weighted by molar-refractivity contribution is -0.139. The molecule has 0 unspecified atom stereocenters. The van der Waals surface area contributed by atoms with Gasteiger partial charge in [-0.3, -0.25) is 4.98 Å². The van der Waals surface area contributed by atoms with Gasteiger partial charge in [-0.2, -0.15) is 0 Å². The second-order valence-electron chi connectivity index (χ2n) is 7.00. The summed E-state index contributed by atoms with van der Waals surface area (Å²) < 4.78 is 11.2. The minimum absolute atomic E-state index is 0.340. The predicted octanol–water partition coefficient (Wildman–Crippen LogP) is 5.74. The maximum Gasteiger partial charge on any atom is 0.341 e. The molecule has 0 atom stereocenters. The summed E-state index contributed by atoms with van der Waals surface area (Å²) in [6.07, 6.45) is 1.78. The highest BCUT2D eigenvalue weighted by Gasteiger charge is 2.06. The van der Waals surface area contributed by atoms with E-state index in [0.717, 1.165) is 37.6 Å². The summed E-state index contributed by atoms with van der Waals surface area (Å²) in [7, 11) is 0. The molecule has 0 aliphatic rings. The van der Waals surface area contributed by atoms with Gasteiger partial charge >= 0.3 is 5.97 Å². The van der Waals surface area contributed by atoms with Gasteiger partial charge in [0.05, 0.1) is 5.52 Å². The van der Waals surface area contributed by atoms with Crippen LogP contribution in [0.5, 0.6) is 11.5 Å². The van der Waals surface area contributed by atoms with Crippen LogP contribution in [0.15, 0.2) is 88.8 Å². The molecule has 0 aliphatic carbocycles. The molecule has 0 radical (unpaired) electrons. The number of rotatable bonds is 8. The first-order chi connectivity index (χ1) is 15.1. The molecule has 0 fully saturated rings. The molecule has 0 saturated carbocycles. The minimum atomic E-state index is -0.987. The Labute approximate surface area is 184 Å². The van der Waals surface area contributed by atoms with Gasteiger partial charge in [0.2, 0.25) is 0 Å². The van der Waals surface area contributed by atoms with Gasteiger partial charge in [0.1, 0.15) is 18.1 Å². The lowest BCUT2D eigenvalue weighted by Crippen LogP contribution is -2.09. The van der Waals surface area contributed by atoms with Gasteiger partial charge in [-0.05, 0) is 72.6 Å². The zero-order chi connectivity index (χ0) is 21.6. The van der Waals surface area contributed by atoms with E-state index in [2.05, 4.69) is 29.2 Å². The lowest BCUT2D eigenvalue weighted by Gasteiger charge is -2.10. The van der Waals surface area contributed by atoms with Crippen LogP contribution in [-0.2, 0) is 11.4 Å². The first-order valence-corrected chi connectivity index (χ1v) is 10.6. The van der Waals surface area contributed by atoms with Crippen molar-refractivity contribution in [1.82, 2.24) is 4.98 Å². The van der Waals surface area contributed by atoms with E-state index in [4.69, 9.17) is 14.6 Å². The average molecular weight is 432 g/mol. The Balaban J connectivity index is 1.35. The summed E-state index contributed by atoms with van der Waals surface area (Å²) in [5.74, 6) is 0.419. The molecule has 0 bridgehead atoms. The molecule has 156 valence electrons. The number of carboxylic acids is 1. The van der Waals surface area contributed by atoms with Crippen molar-refractivity contribution >= 4 is 28.6 Å². The number of hydrogen-bond acceptors (Lipinski definition) is 5. The summed E-state index contributed by atoms with van der Waals surface area (Å²) in [6, 6.07) is 23.8. The molecule has 1 aromatic heterocycles. The van der Waals surface area contributed by atoms with Gasteiger partial charge in [0.25, 0.3) is 0 Å². The van der Waals surface area contributed by atoms with Crippen molar-refractivity contribution in [2.75, 3.05) is 6.61 Å². The second-order valence-corrected chi connectivity index (χ2v) is 8.15. The van der Waals surface area contributed by atoms with Crippen molar-refractivity contribution in [3.8, 4) is 11.5 Å². The van der Waals surface area contributed by atoms with Crippen LogP contribution in [0.25, 0.3) is 10.9 Å². The van der Waals surface area contributed by atoms with E-state index in [-0.39, 0.29) is 6.61 Å². The zero-order valence-electron chi connectivity index (χ0n) is 16.9. The Morgan fingerprint density at radius 1 is 0.968 bits per heavy atom. The number of hydrogen-bond donors (Lipinski definition) is 1. The van der Waals surface area contributed by atoms with Gasteiger partial charge in [-0.15, -0.1) is 0 Å². The van der Waals surface area contributed by atoms with Crippen LogP contribution < -0.4 is 9.47 Å². The Morgan fingerprint density at radius 3 is 2.55 bits per heavy atom. The Morgan fingerprint density at radius 2 is 1.77 bits per heavy atom. The van der Waals surface area contributed by atoms with Crippen LogP contribution in [-0.4, -0.2) is 22.7 Å². The van der Waals surface area contributed by atoms with Crippen molar-refractivity contribution in [2.24, 2.45) is 0 Å². The van der Waals surface area contributed by atoms with Gasteiger partial charge in [-0.1, -0.05) is 30.0 Å². The summed E-state index contributed by atoms with van der Waals surface area (Å²) >= 11 is 1.64. The first kappa shape index (κ1) is 20.8. The topological polar surface area (TPSA) is 68.7 Å². The van der Waals surface area contributed by atoms with Crippen molar-refractivity contribution in [1.29, 1.82) is 0 Å². The predicted molar refractivity (Wildman–Crippen MR) is 121 cm³/mol. The third-order valence-corrected chi connectivity index (χ3v) is 5.63. The van der Waals surface area contributed by atoms with Crippen LogP contribution in [0, 0.1) is 6.92 Å². The van der Waals surface area contributed by atoms with Crippen molar-refractivity contribution in [3.63, 3.8) is 0 Å². The van der Waals surface area contributed by atoms with E-state index in [9.17, 15) is 4.79 Å². The van der Waals surface area contributed by atoms with Gasteiger partial charge in [0.15, 0.2) is 6.61 Å². The number of carboxylic acid groups (broad SMARTS) is 1. The van der Waals surface area contributed by atoms with Gasteiger partial charge in [0, 0.05) is 21.4 Å². The van der Waals surface area contributed by atoms with E-state index < -0.39 is 5.97 Å². The largest absolute Gasteiger partial charge is 0.489 e. The lowest BCUT2D eigenvalue weighted by atomic mass is 10.2. The molecule has 3 aromatic carbocycles. The average Bonchev–Trinajstić information content (AvgIpc) is 2.78. The van der Waals surface area contributed by atoms with Crippen LogP contribution in [0.2, 0.25) is 0 Å². The van der Waals surface area contributed by atoms with Crippen LogP contribution in [0.3, 0.4) is 0 Å². The standard InChI is InChI=1S/C25H21NO4S/c1-17-13-22(9-11-24(17)30-16-25(27)28)31-21-7-4-18(5-8-21)15-29-20-6-10-23-19(14-20)3-2-12-26-23/h2-14H,15-16H2,1H3,(H,27,28). The number of aliphatic carboxylic acids is 1. The molecule has 0 spiro atoms. The maximum atomic E-state index is 10.7. The fourth-order valence-electron chi connectivity index (χ4n) is 3.09. The fourth-order valence-corrected chi connectivity index (χ4v) is 4.00. The summed E-state index contributed by atoms with van der Waals surface area (Å²) in [5.41, 5.74) is 2.94. The number of benzene rings is 3. The normalized spacial score (nSPS) is 10.7. The molecule has 0 saturated heterocycles. The first-order valence-electron chi connectivity index (χ1n) is 9.76. The molecule has 4 rings (SSSR count).